The Morgan fingerprint density at radius 2 is 2.12 bits per heavy atom. The lowest BCUT2D eigenvalue weighted by Crippen LogP contribution is -2.48. The number of hydrogen-bond acceptors (Lipinski definition) is 3. The van der Waals surface area contributed by atoms with Crippen molar-refractivity contribution in [3.8, 4) is 0 Å². The van der Waals surface area contributed by atoms with Crippen molar-refractivity contribution in [3.63, 3.8) is 0 Å². The molecule has 1 fully saturated rings. The summed E-state index contributed by atoms with van der Waals surface area (Å²) < 4.78 is 5.15. The number of carbonyl (C=O) groups is 1. The van der Waals surface area contributed by atoms with Crippen molar-refractivity contribution in [2.75, 3.05) is 0 Å². The van der Waals surface area contributed by atoms with Crippen LogP contribution in [-0.4, -0.2) is 17.7 Å². The molecule has 3 N–H and O–H groups in total. The first kappa shape index (κ1) is 11.9. The number of nitrogens with two attached hydrogens (primary N) is 1. The van der Waals surface area contributed by atoms with Gasteiger partial charge < -0.3 is 15.8 Å². The van der Waals surface area contributed by atoms with Crippen molar-refractivity contribution in [2.45, 2.75) is 38.0 Å². The Morgan fingerprint density at radius 1 is 1.47 bits per heavy atom. The van der Waals surface area contributed by atoms with Crippen LogP contribution in [0.3, 0.4) is 0 Å². The highest BCUT2D eigenvalue weighted by Crippen LogP contribution is 2.37. The maximum absolute atomic E-state index is 11.6. The van der Waals surface area contributed by atoms with Crippen molar-refractivity contribution < 1.29 is 9.53 Å². The maximum atomic E-state index is 11.6. The second-order valence-electron chi connectivity index (χ2n) is 4.63. The number of carbonyl (C=O) groups excluding carboxylic acids is 1. The first-order chi connectivity index (χ1) is 8.12. The number of nitrogens with one attached hydrogen (secondary N) is 1. The number of hydrogen-bond donors (Lipinski definition) is 2. The van der Waals surface area contributed by atoms with Crippen LogP contribution in [0.25, 0.3) is 0 Å². The third-order valence-electron chi connectivity index (χ3n) is 3.22. The fourth-order valence-electron chi connectivity index (χ4n) is 1.79. The van der Waals surface area contributed by atoms with Crippen LogP contribution in [0.15, 0.2) is 30.3 Å². The van der Waals surface area contributed by atoms with Crippen LogP contribution in [-0.2, 0) is 11.3 Å². The van der Waals surface area contributed by atoms with E-state index in [0.29, 0.717) is 6.61 Å². The maximum Gasteiger partial charge on any atom is 0.407 e. The normalized spacial score (nSPS) is 18.2. The molecule has 0 heterocycles. The number of ether oxygens (including phenoxy) is 1. The highest BCUT2D eigenvalue weighted by molar-refractivity contribution is 5.69. The Balaban J connectivity index is 1.79. The van der Waals surface area contributed by atoms with Crippen LogP contribution in [0.4, 0.5) is 4.79 Å². The minimum absolute atomic E-state index is 0.0354. The average Bonchev–Trinajstić information content (AvgIpc) is 3.09. The van der Waals surface area contributed by atoms with Crippen molar-refractivity contribution in [1.82, 2.24) is 5.32 Å². The number of amides is 1. The largest absolute Gasteiger partial charge is 0.445 e. The topological polar surface area (TPSA) is 64.3 Å². The average molecular weight is 234 g/mol. The van der Waals surface area contributed by atoms with Gasteiger partial charge in [0, 0.05) is 6.04 Å². The first-order valence-corrected chi connectivity index (χ1v) is 5.87. The quantitative estimate of drug-likeness (QED) is 0.834. The van der Waals surface area contributed by atoms with E-state index in [4.69, 9.17) is 10.5 Å². The van der Waals surface area contributed by atoms with Gasteiger partial charge in [0.15, 0.2) is 0 Å². The van der Waals surface area contributed by atoms with Crippen molar-refractivity contribution >= 4 is 6.09 Å². The Labute approximate surface area is 101 Å². The Hall–Kier alpha value is -1.55. The second kappa shape index (κ2) is 4.75. The first-order valence-electron chi connectivity index (χ1n) is 5.87. The van der Waals surface area contributed by atoms with Gasteiger partial charge in [-0.15, -0.1) is 0 Å². The van der Waals surface area contributed by atoms with Crippen molar-refractivity contribution in [1.29, 1.82) is 0 Å². The van der Waals surface area contributed by atoms with E-state index < -0.39 is 0 Å². The molecular weight excluding hydrogens is 216 g/mol. The Morgan fingerprint density at radius 3 is 2.65 bits per heavy atom. The summed E-state index contributed by atoms with van der Waals surface area (Å²) in [6.45, 7) is 2.20. The summed E-state index contributed by atoms with van der Waals surface area (Å²) >= 11 is 0. The summed E-state index contributed by atoms with van der Waals surface area (Å²) in [7, 11) is 0. The molecule has 0 spiro atoms. The molecule has 0 aliphatic heterocycles. The molecule has 1 unspecified atom stereocenters. The lowest BCUT2D eigenvalue weighted by molar-refractivity contribution is 0.132. The van der Waals surface area contributed by atoms with Gasteiger partial charge in [0.2, 0.25) is 0 Å². The van der Waals surface area contributed by atoms with E-state index >= 15 is 0 Å². The van der Waals surface area contributed by atoms with E-state index in [2.05, 4.69) is 5.32 Å². The molecule has 0 radical (unpaired) electrons. The van der Waals surface area contributed by atoms with Crippen LogP contribution >= 0.6 is 0 Å². The molecule has 4 heteroatoms. The minimum atomic E-state index is -0.386. The van der Waals surface area contributed by atoms with E-state index in [1.54, 1.807) is 0 Å². The summed E-state index contributed by atoms with van der Waals surface area (Å²) in [5.74, 6) is 0. The molecule has 1 atom stereocenters. The molecule has 0 bridgehead atoms. The molecule has 1 aliphatic carbocycles. The molecule has 1 aromatic carbocycles. The monoisotopic (exact) mass is 234 g/mol. The van der Waals surface area contributed by atoms with Gasteiger partial charge in [0.05, 0.1) is 5.54 Å². The van der Waals surface area contributed by atoms with E-state index in [1.807, 2.05) is 37.3 Å². The number of alkyl carbamates (subject to hydrolysis) is 1. The van der Waals surface area contributed by atoms with Gasteiger partial charge in [-0.1, -0.05) is 30.3 Å². The molecule has 1 aromatic rings. The predicted octanol–water partition coefficient (Wildman–Crippen LogP) is 1.79. The zero-order valence-corrected chi connectivity index (χ0v) is 9.98. The van der Waals surface area contributed by atoms with Gasteiger partial charge in [-0.05, 0) is 25.3 Å². The molecular formula is C13H18N2O2. The van der Waals surface area contributed by atoms with Gasteiger partial charge in [-0.25, -0.2) is 4.79 Å². The molecule has 0 aromatic heterocycles. The summed E-state index contributed by atoms with van der Waals surface area (Å²) in [6, 6.07) is 9.57. The summed E-state index contributed by atoms with van der Waals surface area (Å²) in [5, 5.41) is 2.85. The van der Waals surface area contributed by atoms with Gasteiger partial charge in [0.25, 0.3) is 0 Å². The SMILES string of the molecule is CC(N)C1(NC(=O)OCc2ccccc2)CC1. The zero-order valence-electron chi connectivity index (χ0n) is 9.98. The third kappa shape index (κ3) is 2.97. The van der Waals surface area contributed by atoms with Crippen LogP contribution in [0, 0.1) is 0 Å². The molecule has 1 saturated carbocycles. The van der Waals surface area contributed by atoms with Crippen LogP contribution < -0.4 is 11.1 Å². The molecule has 1 amide bonds. The second-order valence-corrected chi connectivity index (χ2v) is 4.63. The molecule has 2 rings (SSSR count). The fourth-order valence-corrected chi connectivity index (χ4v) is 1.79. The van der Waals surface area contributed by atoms with Gasteiger partial charge in [-0.3, -0.25) is 0 Å². The zero-order chi connectivity index (χ0) is 12.3. The highest BCUT2D eigenvalue weighted by Gasteiger charge is 2.47. The lowest BCUT2D eigenvalue weighted by atomic mass is 10.1. The summed E-state index contributed by atoms with van der Waals surface area (Å²) in [4.78, 5) is 11.6. The van der Waals surface area contributed by atoms with E-state index in [1.165, 1.54) is 0 Å². The predicted molar refractivity (Wildman–Crippen MR) is 65.4 cm³/mol. The van der Waals surface area contributed by atoms with E-state index in [-0.39, 0.29) is 17.7 Å². The molecule has 92 valence electrons. The van der Waals surface area contributed by atoms with Gasteiger partial charge in [-0.2, -0.15) is 0 Å². The van der Waals surface area contributed by atoms with Gasteiger partial charge in [0.1, 0.15) is 6.61 Å². The summed E-state index contributed by atoms with van der Waals surface area (Å²) in [6.07, 6.45) is 1.49. The minimum Gasteiger partial charge on any atom is -0.445 e. The molecule has 0 saturated heterocycles. The van der Waals surface area contributed by atoms with Crippen LogP contribution in [0.1, 0.15) is 25.3 Å². The van der Waals surface area contributed by atoms with E-state index in [9.17, 15) is 4.79 Å². The van der Waals surface area contributed by atoms with Crippen LogP contribution in [0.2, 0.25) is 0 Å². The Bertz CT molecular complexity index is 386. The molecule has 17 heavy (non-hydrogen) atoms. The van der Waals surface area contributed by atoms with E-state index in [0.717, 1.165) is 18.4 Å². The van der Waals surface area contributed by atoms with Crippen LogP contribution in [0.5, 0.6) is 0 Å². The third-order valence-corrected chi connectivity index (χ3v) is 3.22. The highest BCUT2D eigenvalue weighted by atomic mass is 16.5. The standard InChI is InChI=1S/C13H18N2O2/c1-10(14)13(7-8-13)15-12(16)17-9-11-5-3-2-4-6-11/h2-6,10H,7-9,14H2,1H3,(H,15,16). The van der Waals surface area contributed by atoms with Gasteiger partial charge >= 0.3 is 6.09 Å². The smallest absolute Gasteiger partial charge is 0.407 e. The number of benzene rings is 1. The summed E-state index contributed by atoms with van der Waals surface area (Å²) in [5.41, 5.74) is 6.57. The fraction of sp³-hybridized carbons (Fsp3) is 0.462. The molecule has 1 aliphatic rings. The molecule has 4 nitrogen and oxygen atoms in total. The van der Waals surface area contributed by atoms with Crippen molar-refractivity contribution in [2.24, 2.45) is 5.73 Å². The Kier molecular flexibility index (Phi) is 3.33. The lowest BCUT2D eigenvalue weighted by Gasteiger charge is -2.20. The van der Waals surface area contributed by atoms with Crippen molar-refractivity contribution in [3.05, 3.63) is 35.9 Å². The number of rotatable bonds is 4.